The van der Waals surface area contributed by atoms with Gasteiger partial charge in [-0.25, -0.2) is 0 Å². The van der Waals surface area contributed by atoms with E-state index in [2.05, 4.69) is 11.9 Å². The van der Waals surface area contributed by atoms with Crippen molar-refractivity contribution in [3.8, 4) is 5.75 Å². The van der Waals surface area contributed by atoms with Crippen molar-refractivity contribution in [2.24, 2.45) is 0 Å². The fraction of sp³-hybridized carbons (Fsp3) is 0.571. The topological polar surface area (TPSA) is 208 Å². The van der Waals surface area contributed by atoms with Crippen LogP contribution >= 0.6 is 0 Å². The molecule has 0 bridgehead atoms. The summed E-state index contributed by atoms with van der Waals surface area (Å²) in [5, 5.41) is 72.7. The van der Waals surface area contributed by atoms with Crippen molar-refractivity contribution in [3.05, 3.63) is 36.9 Å². The summed E-state index contributed by atoms with van der Waals surface area (Å²) in [5.41, 5.74) is 0.462. The van der Waals surface area contributed by atoms with Crippen molar-refractivity contribution in [3.63, 3.8) is 0 Å². The summed E-state index contributed by atoms with van der Waals surface area (Å²) in [6.45, 7) is 1.98. The van der Waals surface area contributed by atoms with E-state index in [1.807, 2.05) is 0 Å². The largest absolute Gasteiger partial charge is 0.462 e. The first-order valence-electron chi connectivity index (χ1n) is 10.5. The maximum absolute atomic E-state index is 11.4. The van der Waals surface area contributed by atoms with Gasteiger partial charge in [0.1, 0.15) is 54.6 Å². The third-order valence-electron chi connectivity index (χ3n) is 5.52. The Morgan fingerprint density at radius 1 is 0.882 bits per heavy atom. The number of benzene rings is 1. The molecule has 2 fully saturated rings. The normalized spacial score (nSPS) is 38.2. The lowest BCUT2D eigenvalue weighted by molar-refractivity contribution is -0.352. The highest BCUT2D eigenvalue weighted by Gasteiger charge is 2.51. The molecule has 1 amide bonds. The first-order valence-corrected chi connectivity index (χ1v) is 10.5. The quantitative estimate of drug-likeness (QED) is 0.171. The number of amides is 1. The molecule has 2 heterocycles. The van der Waals surface area contributed by atoms with Gasteiger partial charge in [0.15, 0.2) is 6.29 Å². The van der Waals surface area contributed by atoms with Crippen LogP contribution in [0.4, 0.5) is 5.69 Å². The van der Waals surface area contributed by atoms with Crippen molar-refractivity contribution in [1.29, 1.82) is 0 Å². The lowest BCUT2D eigenvalue weighted by Gasteiger charge is -2.45. The fourth-order valence-electron chi connectivity index (χ4n) is 3.60. The highest BCUT2D eigenvalue weighted by atomic mass is 16.7. The second-order valence-electron chi connectivity index (χ2n) is 7.84. The van der Waals surface area contributed by atoms with Crippen LogP contribution < -0.4 is 10.1 Å². The minimum Gasteiger partial charge on any atom is -0.462 e. The molecular formula is C21H29NO12. The second-order valence-corrected chi connectivity index (χ2v) is 7.84. The predicted molar refractivity (Wildman–Crippen MR) is 112 cm³/mol. The van der Waals surface area contributed by atoms with Gasteiger partial charge in [-0.2, -0.15) is 0 Å². The van der Waals surface area contributed by atoms with Gasteiger partial charge in [-0.15, -0.1) is 0 Å². The lowest BCUT2D eigenvalue weighted by Crippen LogP contribution is -2.65. The zero-order valence-corrected chi connectivity index (χ0v) is 18.0. The van der Waals surface area contributed by atoms with Crippen LogP contribution in [0, 0.1) is 0 Å². The summed E-state index contributed by atoms with van der Waals surface area (Å²) in [7, 11) is 0. The highest BCUT2D eigenvalue weighted by molar-refractivity contribution is 5.98. The number of carbonyl (C=O) groups is 1. The van der Waals surface area contributed by atoms with E-state index >= 15 is 0 Å². The van der Waals surface area contributed by atoms with Crippen molar-refractivity contribution in [1.82, 2.24) is 0 Å². The van der Waals surface area contributed by atoms with Gasteiger partial charge in [0.05, 0.1) is 13.2 Å². The molecule has 0 radical (unpaired) electrons. The number of nitrogens with one attached hydrogen (secondary N) is 1. The zero-order valence-electron chi connectivity index (χ0n) is 18.0. The Hall–Kier alpha value is -2.17. The van der Waals surface area contributed by atoms with E-state index < -0.39 is 80.5 Å². The van der Waals surface area contributed by atoms with Crippen LogP contribution in [0.5, 0.6) is 5.75 Å². The highest BCUT2D eigenvalue weighted by Crippen LogP contribution is 2.30. The summed E-state index contributed by atoms with van der Waals surface area (Å²) in [5.74, 6) is -0.183. The van der Waals surface area contributed by atoms with E-state index in [0.717, 1.165) is 6.08 Å². The molecule has 34 heavy (non-hydrogen) atoms. The van der Waals surface area contributed by atoms with Gasteiger partial charge < -0.3 is 60.0 Å². The van der Waals surface area contributed by atoms with Gasteiger partial charge in [-0.3, -0.25) is 4.79 Å². The Labute approximate surface area is 194 Å². The van der Waals surface area contributed by atoms with Crippen LogP contribution in [0.2, 0.25) is 0 Å². The lowest BCUT2D eigenvalue weighted by atomic mass is 9.97. The predicted octanol–water partition coefficient (Wildman–Crippen LogP) is -3.19. The summed E-state index contributed by atoms with van der Waals surface area (Å²) >= 11 is 0. The molecule has 0 unspecified atom stereocenters. The maximum Gasteiger partial charge on any atom is 0.247 e. The molecule has 10 atom stereocenters. The number of ether oxygens (including phenoxy) is 4. The number of aliphatic hydroxyl groups is 7. The van der Waals surface area contributed by atoms with Gasteiger partial charge >= 0.3 is 0 Å². The molecule has 2 aliphatic heterocycles. The van der Waals surface area contributed by atoms with Crippen LogP contribution in [-0.4, -0.2) is 116 Å². The number of hydrogen-bond acceptors (Lipinski definition) is 12. The molecule has 1 aromatic rings. The molecule has 0 saturated carbocycles. The summed E-state index contributed by atoms with van der Waals surface area (Å²) in [6.07, 6.45) is -14.3. The number of hydrogen-bond donors (Lipinski definition) is 8. The minimum absolute atomic E-state index is 0.220. The third kappa shape index (κ3) is 5.72. The van der Waals surface area contributed by atoms with Gasteiger partial charge in [0, 0.05) is 5.69 Å². The number of anilines is 1. The molecule has 0 spiro atoms. The first-order chi connectivity index (χ1) is 16.2. The van der Waals surface area contributed by atoms with Gasteiger partial charge in [0.25, 0.3) is 0 Å². The van der Waals surface area contributed by atoms with Gasteiger partial charge in [-0.05, 0) is 30.3 Å². The molecule has 2 saturated heterocycles. The molecule has 8 N–H and O–H groups in total. The maximum atomic E-state index is 11.4. The Kier molecular flexibility index (Phi) is 8.95. The molecule has 13 heteroatoms. The van der Waals surface area contributed by atoms with Crippen LogP contribution in [0.1, 0.15) is 0 Å². The van der Waals surface area contributed by atoms with E-state index in [1.165, 1.54) is 24.3 Å². The Balaban J connectivity index is 1.67. The van der Waals surface area contributed by atoms with Crippen molar-refractivity contribution >= 4 is 11.6 Å². The van der Waals surface area contributed by atoms with Crippen LogP contribution in [0.25, 0.3) is 0 Å². The van der Waals surface area contributed by atoms with Crippen molar-refractivity contribution in [2.45, 2.75) is 61.4 Å². The van der Waals surface area contributed by atoms with Crippen LogP contribution in [-0.2, 0) is 19.0 Å². The molecule has 1 aromatic carbocycles. The fourth-order valence-corrected chi connectivity index (χ4v) is 3.60. The molecule has 0 aromatic heterocycles. The minimum atomic E-state index is -1.75. The first kappa shape index (κ1) is 26.4. The molecule has 190 valence electrons. The summed E-state index contributed by atoms with van der Waals surface area (Å²) in [4.78, 5) is 11.4. The summed E-state index contributed by atoms with van der Waals surface area (Å²) < 4.78 is 21.8. The van der Waals surface area contributed by atoms with Crippen LogP contribution in [0.3, 0.4) is 0 Å². The number of aliphatic hydroxyl groups excluding tert-OH is 7. The Morgan fingerprint density at radius 2 is 1.47 bits per heavy atom. The van der Waals surface area contributed by atoms with E-state index in [9.17, 15) is 40.5 Å². The SMILES string of the molecule is C=CC(=O)Nc1ccc(O[C@@H]2O[C@H](CO)[C@H](O[C@@H]3O[C@H](CO)[C@@H](O)[C@H](O)[C@H]3O)[C@@H](O)[C@H]2O)cc1. The molecular weight excluding hydrogens is 458 g/mol. The third-order valence-corrected chi connectivity index (χ3v) is 5.52. The Bertz CT molecular complexity index is 818. The molecule has 2 aliphatic rings. The van der Waals surface area contributed by atoms with E-state index in [1.54, 1.807) is 0 Å². The average molecular weight is 487 g/mol. The zero-order chi connectivity index (χ0) is 25.0. The van der Waals surface area contributed by atoms with E-state index in [-0.39, 0.29) is 5.75 Å². The number of rotatable bonds is 8. The van der Waals surface area contributed by atoms with E-state index in [0.29, 0.717) is 5.69 Å². The van der Waals surface area contributed by atoms with Gasteiger partial charge in [-0.1, -0.05) is 6.58 Å². The Morgan fingerprint density at radius 3 is 2.06 bits per heavy atom. The number of carbonyl (C=O) groups excluding carboxylic acids is 1. The van der Waals surface area contributed by atoms with Crippen molar-refractivity contribution in [2.75, 3.05) is 18.5 Å². The molecule has 0 aliphatic carbocycles. The monoisotopic (exact) mass is 487 g/mol. The summed E-state index contributed by atoms with van der Waals surface area (Å²) in [6, 6.07) is 6.01. The van der Waals surface area contributed by atoms with E-state index in [4.69, 9.17) is 18.9 Å². The second kappa shape index (κ2) is 11.5. The van der Waals surface area contributed by atoms with Gasteiger partial charge in [0.2, 0.25) is 12.2 Å². The smallest absolute Gasteiger partial charge is 0.247 e. The molecule has 3 rings (SSSR count). The average Bonchev–Trinajstić information content (AvgIpc) is 2.84. The molecule has 13 nitrogen and oxygen atoms in total. The van der Waals surface area contributed by atoms with Crippen LogP contribution in [0.15, 0.2) is 36.9 Å². The standard InChI is InChI=1S/C21H29NO12/c1-2-13(25)22-9-3-5-10(6-4-9)31-20-18(30)16(28)19(12(8-24)33-20)34-21-17(29)15(27)14(26)11(7-23)32-21/h2-6,11-12,14-21,23-24,26-30H,1,7-8H2,(H,22,25)/t11-,12-,14-,15+,16+,17-,18-,19+,20-,21+/m1/s1. The van der Waals surface area contributed by atoms with Crippen molar-refractivity contribution < 1.29 is 59.5 Å².